The van der Waals surface area contributed by atoms with Crippen LogP contribution in [-0.2, 0) is 14.3 Å². The molecule has 7 rings (SSSR count). The first-order valence-electron chi connectivity index (χ1n) is 18.0. The molecule has 1 aromatic heterocycles. The predicted molar refractivity (Wildman–Crippen MR) is 191 cm³/mol. The number of amides is 2. The van der Waals surface area contributed by atoms with Gasteiger partial charge in [0.15, 0.2) is 11.5 Å². The van der Waals surface area contributed by atoms with Gasteiger partial charge in [0.1, 0.15) is 17.1 Å². The van der Waals surface area contributed by atoms with Gasteiger partial charge >= 0.3 is 0 Å². The molecule has 3 fully saturated rings. The molecule has 2 aromatic carbocycles. The van der Waals surface area contributed by atoms with Crippen molar-refractivity contribution in [2.24, 2.45) is 17.3 Å². The van der Waals surface area contributed by atoms with Crippen molar-refractivity contribution < 1.29 is 32.6 Å². The van der Waals surface area contributed by atoms with Crippen LogP contribution in [0.3, 0.4) is 0 Å². The monoisotopic (exact) mass is 700 g/mol. The third kappa shape index (κ3) is 7.23. The molecule has 1 saturated heterocycles. The number of pyridine rings is 1. The standard InChI is InChI=1S/C40H46F2N4O5/c1-24-17-28(6-8-33(24)41)44-38(47)40(23-25(40)2)39(48)45-29-5-7-31(34(42)20-29)27-18-26(19-27)30-9-10-43-35-22-37(36(49-3)21-32(30)35)51-14-4-11-46-12-15-50-16-13-46/h5-10,20-22,24-27H,4,11-19,23H2,1-3H3,(H,44,47)(H,45,48)/t24?,25-,26?,27?,40+/m1/s1. The van der Waals surface area contributed by atoms with Crippen LogP contribution < -0.4 is 20.1 Å². The number of rotatable bonds is 12. The number of hydrogen-bond acceptors (Lipinski definition) is 7. The zero-order chi connectivity index (χ0) is 35.7. The lowest BCUT2D eigenvalue weighted by molar-refractivity contribution is -0.134. The summed E-state index contributed by atoms with van der Waals surface area (Å²) < 4.78 is 46.6. The van der Waals surface area contributed by atoms with Crippen LogP contribution >= 0.6 is 0 Å². The van der Waals surface area contributed by atoms with Gasteiger partial charge in [-0.3, -0.25) is 19.5 Å². The van der Waals surface area contributed by atoms with Gasteiger partial charge in [0, 0.05) is 54.6 Å². The average Bonchev–Trinajstić information content (AvgIpc) is 3.80. The van der Waals surface area contributed by atoms with Gasteiger partial charge in [-0.15, -0.1) is 0 Å². The summed E-state index contributed by atoms with van der Waals surface area (Å²) in [5, 5.41) is 6.62. The third-order valence-electron chi connectivity index (χ3n) is 11.2. The summed E-state index contributed by atoms with van der Waals surface area (Å²) in [6.07, 6.45) is 7.90. The van der Waals surface area contributed by atoms with Gasteiger partial charge < -0.3 is 24.8 Å². The zero-order valence-corrected chi connectivity index (χ0v) is 29.5. The number of halogens is 2. The van der Waals surface area contributed by atoms with Crippen LogP contribution in [0.25, 0.3) is 10.9 Å². The number of benzene rings is 2. The van der Waals surface area contributed by atoms with Gasteiger partial charge in [0.25, 0.3) is 0 Å². The van der Waals surface area contributed by atoms with Crippen LogP contribution in [0.2, 0.25) is 0 Å². The minimum absolute atomic E-state index is 0.0320. The van der Waals surface area contributed by atoms with E-state index in [0.717, 1.165) is 68.6 Å². The molecule has 270 valence electrons. The zero-order valence-electron chi connectivity index (χ0n) is 29.5. The van der Waals surface area contributed by atoms with Gasteiger partial charge in [-0.05, 0) is 97.4 Å². The van der Waals surface area contributed by atoms with Gasteiger partial charge in [0.2, 0.25) is 11.8 Å². The Morgan fingerprint density at radius 2 is 1.73 bits per heavy atom. The van der Waals surface area contributed by atoms with Crippen molar-refractivity contribution >= 4 is 28.4 Å². The Kier molecular flexibility index (Phi) is 10.1. The van der Waals surface area contributed by atoms with Gasteiger partial charge in [-0.25, -0.2) is 8.78 Å². The summed E-state index contributed by atoms with van der Waals surface area (Å²) in [5.74, 6) is -0.401. The van der Waals surface area contributed by atoms with Crippen molar-refractivity contribution in [1.82, 2.24) is 15.2 Å². The summed E-state index contributed by atoms with van der Waals surface area (Å²) in [6.45, 7) is 8.59. The molecule has 9 nitrogen and oxygen atoms in total. The van der Waals surface area contributed by atoms with Crippen LogP contribution in [0, 0.1) is 23.1 Å². The van der Waals surface area contributed by atoms with Crippen molar-refractivity contribution in [3.63, 3.8) is 0 Å². The number of anilines is 1. The van der Waals surface area contributed by atoms with Gasteiger partial charge in [0.05, 0.1) is 32.4 Å². The van der Waals surface area contributed by atoms with E-state index >= 15 is 4.39 Å². The largest absolute Gasteiger partial charge is 0.493 e. The second-order valence-electron chi connectivity index (χ2n) is 14.5. The quantitative estimate of drug-likeness (QED) is 0.155. The normalized spacial score (nSPS) is 26.1. The fraction of sp³-hybridized carbons (Fsp3) is 0.475. The van der Waals surface area contributed by atoms with Crippen molar-refractivity contribution in [3.8, 4) is 11.5 Å². The number of hydrogen-bond donors (Lipinski definition) is 2. The minimum Gasteiger partial charge on any atom is -0.493 e. The lowest BCUT2D eigenvalue weighted by Crippen LogP contribution is -2.41. The lowest BCUT2D eigenvalue weighted by Gasteiger charge is -2.37. The fourth-order valence-corrected chi connectivity index (χ4v) is 7.75. The summed E-state index contributed by atoms with van der Waals surface area (Å²) in [4.78, 5) is 33.6. The fourth-order valence-electron chi connectivity index (χ4n) is 7.75. The molecule has 0 spiro atoms. The third-order valence-corrected chi connectivity index (χ3v) is 11.2. The Balaban J connectivity index is 0.965. The molecule has 4 aliphatic rings. The maximum absolute atomic E-state index is 15.5. The van der Waals surface area contributed by atoms with Crippen LogP contribution in [0.4, 0.5) is 14.5 Å². The number of ether oxygens (including phenoxy) is 3. The topological polar surface area (TPSA) is 102 Å². The number of fused-ring (bicyclic) bond motifs is 1. The highest BCUT2D eigenvalue weighted by Crippen LogP contribution is 2.54. The Morgan fingerprint density at radius 1 is 0.980 bits per heavy atom. The molecule has 1 aliphatic heterocycles. The first-order valence-corrected chi connectivity index (χ1v) is 18.0. The molecule has 2 amide bonds. The van der Waals surface area contributed by atoms with E-state index in [9.17, 15) is 14.0 Å². The summed E-state index contributed by atoms with van der Waals surface area (Å²) in [5.41, 5.74) is 2.24. The molecule has 2 saturated carbocycles. The van der Waals surface area contributed by atoms with Gasteiger partial charge in [-0.1, -0.05) is 19.9 Å². The van der Waals surface area contributed by atoms with Gasteiger partial charge in [-0.2, -0.15) is 0 Å². The molecule has 3 atom stereocenters. The van der Waals surface area contributed by atoms with E-state index in [-0.39, 0.29) is 35.3 Å². The van der Waals surface area contributed by atoms with Crippen LogP contribution in [0.15, 0.2) is 66.3 Å². The summed E-state index contributed by atoms with van der Waals surface area (Å²) in [7, 11) is 1.64. The average molecular weight is 701 g/mol. The minimum atomic E-state index is -1.24. The number of aromatic nitrogens is 1. The van der Waals surface area contributed by atoms with E-state index in [1.165, 1.54) is 12.1 Å². The molecule has 3 aromatic rings. The molecule has 2 N–H and O–H groups in total. The molecule has 1 unspecified atom stereocenters. The number of nitrogens with one attached hydrogen (secondary N) is 2. The molecule has 3 aliphatic carbocycles. The van der Waals surface area contributed by atoms with E-state index < -0.39 is 17.2 Å². The van der Waals surface area contributed by atoms with Crippen molar-refractivity contribution in [2.75, 3.05) is 51.9 Å². The maximum atomic E-state index is 15.5. The second kappa shape index (κ2) is 14.7. The lowest BCUT2D eigenvalue weighted by atomic mass is 9.68. The molecule has 11 heteroatoms. The first kappa shape index (κ1) is 35.1. The van der Waals surface area contributed by atoms with E-state index in [1.807, 2.05) is 31.3 Å². The van der Waals surface area contributed by atoms with Crippen LogP contribution in [0.1, 0.15) is 68.9 Å². The van der Waals surface area contributed by atoms with Crippen LogP contribution in [-0.4, -0.2) is 68.3 Å². The van der Waals surface area contributed by atoms with Crippen molar-refractivity contribution in [2.45, 2.75) is 57.8 Å². The highest BCUT2D eigenvalue weighted by atomic mass is 19.1. The number of nitrogens with zero attached hydrogens (tertiary/aromatic N) is 2. The van der Waals surface area contributed by atoms with Crippen molar-refractivity contribution in [3.05, 3.63) is 83.2 Å². The van der Waals surface area contributed by atoms with Crippen LogP contribution in [0.5, 0.6) is 11.5 Å². The second-order valence-corrected chi connectivity index (χ2v) is 14.5. The number of carbonyl (C=O) groups is 2. The Labute approximate surface area is 297 Å². The highest BCUT2D eigenvalue weighted by Gasteiger charge is 2.63. The Hall–Kier alpha value is -4.35. The smallest absolute Gasteiger partial charge is 0.240 e. The SMILES string of the molecule is COc1cc2c(C3CC(c4ccc(NC(=O)[C@@]5(C(=O)NC6=CC=C(F)C(C)C6)C[C@H]5C)cc4F)C3)ccnc2cc1OCCCN1CCOCC1. The Bertz CT molecular complexity index is 1870. The molecular weight excluding hydrogens is 654 g/mol. The maximum Gasteiger partial charge on any atom is 0.240 e. The summed E-state index contributed by atoms with van der Waals surface area (Å²) >= 11 is 0. The van der Waals surface area contributed by atoms with E-state index in [0.29, 0.717) is 47.9 Å². The van der Waals surface area contributed by atoms with E-state index in [1.54, 1.807) is 32.2 Å². The van der Waals surface area contributed by atoms with E-state index in [4.69, 9.17) is 14.2 Å². The predicted octanol–water partition coefficient (Wildman–Crippen LogP) is 7.00. The number of carbonyl (C=O) groups excluding carboxylic acids is 2. The molecule has 51 heavy (non-hydrogen) atoms. The number of methoxy groups -OCH3 is 1. The highest BCUT2D eigenvalue weighted by molar-refractivity contribution is 6.13. The molecule has 0 radical (unpaired) electrons. The first-order chi connectivity index (χ1) is 24.7. The molecule has 2 heterocycles. The summed E-state index contributed by atoms with van der Waals surface area (Å²) in [6, 6.07) is 10.8. The van der Waals surface area contributed by atoms with E-state index in [2.05, 4.69) is 20.5 Å². The molecular formula is C40H46F2N4O5. The molecule has 0 bridgehead atoms. The van der Waals surface area contributed by atoms with Crippen molar-refractivity contribution in [1.29, 1.82) is 0 Å². The Morgan fingerprint density at radius 3 is 2.43 bits per heavy atom. The number of allylic oxidation sites excluding steroid dienone is 4. The number of morpholine rings is 1.